The first-order valence-electron chi connectivity index (χ1n) is 7.87. The van der Waals surface area contributed by atoms with Gasteiger partial charge in [0, 0.05) is 19.0 Å². The fraction of sp³-hybridized carbons (Fsp3) is 0.294. The van der Waals surface area contributed by atoms with Gasteiger partial charge < -0.3 is 16.0 Å². The van der Waals surface area contributed by atoms with Gasteiger partial charge >= 0.3 is 0 Å². The first-order chi connectivity index (χ1) is 11.9. The number of hydrogen-bond acceptors (Lipinski definition) is 4. The maximum absolute atomic E-state index is 12.2. The molecule has 0 aliphatic heterocycles. The fourth-order valence-electron chi connectivity index (χ4n) is 1.96. The molecule has 2 rings (SSSR count). The monoisotopic (exact) mass is 343 g/mol. The van der Waals surface area contributed by atoms with Gasteiger partial charge in [-0.25, -0.2) is 4.68 Å². The Kier molecular flexibility index (Phi) is 5.89. The number of aromatic nitrogens is 2. The van der Waals surface area contributed by atoms with Crippen LogP contribution in [0.4, 0.5) is 5.82 Å². The van der Waals surface area contributed by atoms with Crippen LogP contribution >= 0.6 is 0 Å². The Bertz CT molecular complexity index is 768. The van der Waals surface area contributed by atoms with Gasteiger partial charge in [-0.2, -0.15) is 5.10 Å². The van der Waals surface area contributed by atoms with E-state index in [4.69, 9.17) is 0 Å². The summed E-state index contributed by atoms with van der Waals surface area (Å²) in [5.74, 6) is -0.837. The average molecular weight is 343 g/mol. The Hall–Kier alpha value is -3.16. The Labute approximate surface area is 145 Å². The number of nitrogens with zero attached hydrogens (tertiary/aromatic N) is 2. The summed E-state index contributed by atoms with van der Waals surface area (Å²) in [5.41, 5.74) is 0.804. The summed E-state index contributed by atoms with van der Waals surface area (Å²) in [6, 6.07) is 10.6. The number of rotatable bonds is 6. The van der Waals surface area contributed by atoms with Crippen LogP contribution in [-0.4, -0.2) is 41.1 Å². The number of carbonyl (C=O) groups is 3. The number of carbonyl (C=O) groups excluding carboxylic acids is 3. The van der Waals surface area contributed by atoms with Gasteiger partial charge in [-0.3, -0.25) is 14.4 Å². The first-order valence-corrected chi connectivity index (χ1v) is 7.87. The maximum atomic E-state index is 12.2. The van der Waals surface area contributed by atoms with Gasteiger partial charge in [-0.05, 0) is 12.1 Å². The number of nitrogens with one attached hydrogen (secondary N) is 3. The fourth-order valence-corrected chi connectivity index (χ4v) is 1.96. The van der Waals surface area contributed by atoms with Gasteiger partial charge in [-0.15, -0.1) is 0 Å². The van der Waals surface area contributed by atoms with Gasteiger partial charge in [-0.1, -0.05) is 32.0 Å². The molecule has 0 spiro atoms. The summed E-state index contributed by atoms with van der Waals surface area (Å²) >= 11 is 0. The summed E-state index contributed by atoms with van der Waals surface area (Å²) < 4.78 is 1.48. The SMILES string of the molecule is CNC(=O)CNC(=O)c1cc(NC(=O)C(C)C)n(-c2ccccc2)n1. The zero-order chi connectivity index (χ0) is 18.4. The van der Waals surface area contributed by atoms with Gasteiger partial charge in [0.25, 0.3) is 5.91 Å². The van der Waals surface area contributed by atoms with E-state index >= 15 is 0 Å². The van der Waals surface area contributed by atoms with Crippen molar-refractivity contribution in [2.45, 2.75) is 13.8 Å². The highest BCUT2D eigenvalue weighted by molar-refractivity contribution is 5.97. The summed E-state index contributed by atoms with van der Waals surface area (Å²) in [6.45, 7) is 3.40. The van der Waals surface area contributed by atoms with E-state index < -0.39 is 5.91 Å². The third kappa shape index (κ3) is 4.66. The molecule has 0 aliphatic carbocycles. The van der Waals surface area contributed by atoms with Crippen LogP contribution in [0, 0.1) is 5.92 Å². The topological polar surface area (TPSA) is 105 Å². The van der Waals surface area contributed by atoms with Crippen LogP contribution in [0.3, 0.4) is 0 Å². The second-order valence-electron chi connectivity index (χ2n) is 5.66. The van der Waals surface area contributed by atoms with Crippen molar-refractivity contribution in [3.05, 3.63) is 42.1 Å². The highest BCUT2D eigenvalue weighted by Crippen LogP contribution is 2.18. The molecular formula is C17H21N5O3. The van der Waals surface area contributed by atoms with Crippen LogP contribution in [0.1, 0.15) is 24.3 Å². The summed E-state index contributed by atoms with van der Waals surface area (Å²) in [5, 5.41) is 11.9. The van der Waals surface area contributed by atoms with E-state index in [0.29, 0.717) is 11.5 Å². The van der Waals surface area contributed by atoms with Crippen molar-refractivity contribution in [3.63, 3.8) is 0 Å². The molecule has 0 radical (unpaired) electrons. The molecule has 0 aliphatic rings. The summed E-state index contributed by atoms with van der Waals surface area (Å²) in [7, 11) is 1.48. The third-order valence-electron chi connectivity index (χ3n) is 3.41. The van der Waals surface area contributed by atoms with Gasteiger partial charge in [0.2, 0.25) is 11.8 Å². The molecule has 0 fully saturated rings. The normalized spacial score (nSPS) is 10.4. The number of benzene rings is 1. The second kappa shape index (κ2) is 8.09. The van der Waals surface area contributed by atoms with E-state index in [9.17, 15) is 14.4 Å². The zero-order valence-corrected chi connectivity index (χ0v) is 14.4. The first kappa shape index (κ1) is 18.2. The largest absolute Gasteiger partial charge is 0.358 e. The van der Waals surface area contributed by atoms with Crippen LogP contribution in [0.15, 0.2) is 36.4 Å². The van der Waals surface area contributed by atoms with Crippen molar-refractivity contribution in [1.82, 2.24) is 20.4 Å². The molecule has 3 N–H and O–H groups in total. The van der Waals surface area contributed by atoms with Crippen molar-refractivity contribution < 1.29 is 14.4 Å². The van der Waals surface area contributed by atoms with Gasteiger partial charge in [0.1, 0.15) is 5.82 Å². The van der Waals surface area contributed by atoms with E-state index in [2.05, 4.69) is 21.0 Å². The number of hydrogen-bond donors (Lipinski definition) is 3. The Morgan fingerprint density at radius 2 is 1.84 bits per heavy atom. The van der Waals surface area contributed by atoms with E-state index in [1.807, 2.05) is 30.3 Å². The van der Waals surface area contributed by atoms with E-state index in [-0.39, 0.29) is 30.0 Å². The van der Waals surface area contributed by atoms with E-state index in [1.54, 1.807) is 13.8 Å². The quantitative estimate of drug-likeness (QED) is 0.726. The number of amides is 3. The lowest BCUT2D eigenvalue weighted by molar-refractivity contribution is -0.120. The third-order valence-corrected chi connectivity index (χ3v) is 3.41. The minimum Gasteiger partial charge on any atom is -0.358 e. The molecule has 8 heteroatoms. The smallest absolute Gasteiger partial charge is 0.272 e. The average Bonchev–Trinajstić information content (AvgIpc) is 3.03. The standard InChI is InChI=1S/C17H21N5O3/c1-11(2)16(24)20-14-9-13(17(25)19-10-15(23)18-3)21-22(14)12-7-5-4-6-8-12/h4-9,11H,10H2,1-3H3,(H,18,23)(H,19,25)(H,20,24). The minimum absolute atomic E-state index is 0.104. The van der Waals surface area contributed by atoms with Crippen molar-refractivity contribution in [2.24, 2.45) is 5.92 Å². The molecule has 3 amide bonds. The maximum Gasteiger partial charge on any atom is 0.272 e. The zero-order valence-electron chi connectivity index (χ0n) is 14.4. The highest BCUT2D eigenvalue weighted by atomic mass is 16.2. The molecule has 0 atom stereocenters. The molecule has 1 heterocycles. The molecule has 2 aromatic rings. The van der Waals surface area contributed by atoms with Gasteiger partial charge in [0.05, 0.1) is 12.2 Å². The van der Waals surface area contributed by atoms with Crippen LogP contribution in [-0.2, 0) is 9.59 Å². The molecule has 1 aromatic carbocycles. The lowest BCUT2D eigenvalue weighted by Crippen LogP contribution is -2.35. The van der Waals surface area contributed by atoms with Crippen LogP contribution in [0.25, 0.3) is 5.69 Å². The Morgan fingerprint density at radius 1 is 1.16 bits per heavy atom. The number of likely N-dealkylation sites (N-methyl/N-ethyl adjacent to an activating group) is 1. The molecule has 132 valence electrons. The summed E-state index contributed by atoms with van der Waals surface area (Å²) in [4.78, 5) is 35.5. The van der Waals surface area contributed by atoms with Crippen LogP contribution in [0.5, 0.6) is 0 Å². The molecule has 0 bridgehead atoms. The predicted octanol–water partition coefficient (Wildman–Crippen LogP) is 0.943. The lowest BCUT2D eigenvalue weighted by atomic mass is 10.2. The van der Waals surface area contributed by atoms with E-state index in [1.165, 1.54) is 17.8 Å². The highest BCUT2D eigenvalue weighted by Gasteiger charge is 2.18. The molecule has 25 heavy (non-hydrogen) atoms. The lowest BCUT2D eigenvalue weighted by Gasteiger charge is -2.10. The van der Waals surface area contributed by atoms with Crippen LogP contribution < -0.4 is 16.0 Å². The molecule has 0 saturated carbocycles. The van der Waals surface area contributed by atoms with Crippen molar-refractivity contribution in [3.8, 4) is 5.69 Å². The number of anilines is 1. The Morgan fingerprint density at radius 3 is 2.44 bits per heavy atom. The molecular weight excluding hydrogens is 322 g/mol. The summed E-state index contributed by atoms with van der Waals surface area (Å²) in [6.07, 6.45) is 0. The molecule has 1 aromatic heterocycles. The van der Waals surface area contributed by atoms with Crippen molar-refractivity contribution in [1.29, 1.82) is 0 Å². The minimum atomic E-state index is -0.502. The predicted molar refractivity (Wildman–Crippen MR) is 93.4 cm³/mol. The van der Waals surface area contributed by atoms with Crippen LogP contribution in [0.2, 0.25) is 0 Å². The van der Waals surface area contributed by atoms with Crippen molar-refractivity contribution >= 4 is 23.5 Å². The molecule has 8 nitrogen and oxygen atoms in total. The molecule has 0 saturated heterocycles. The van der Waals surface area contributed by atoms with Gasteiger partial charge in [0.15, 0.2) is 5.69 Å². The van der Waals surface area contributed by atoms with E-state index in [0.717, 1.165) is 0 Å². The Balaban J connectivity index is 2.30. The number of para-hydroxylation sites is 1. The molecule has 0 unspecified atom stereocenters. The second-order valence-corrected chi connectivity index (χ2v) is 5.66. The van der Waals surface area contributed by atoms with Crippen molar-refractivity contribution in [2.75, 3.05) is 18.9 Å².